The van der Waals surface area contributed by atoms with Crippen molar-refractivity contribution in [3.63, 3.8) is 0 Å². The van der Waals surface area contributed by atoms with Crippen molar-refractivity contribution in [2.24, 2.45) is 0 Å². The summed E-state index contributed by atoms with van der Waals surface area (Å²) in [5.74, 6) is 1.13. The van der Waals surface area contributed by atoms with Crippen molar-refractivity contribution in [3.05, 3.63) is 46.7 Å². The number of anilines is 1. The maximum absolute atomic E-state index is 12.1. The number of carbonyl (C=O) groups excluding carboxylic acids is 1. The Balaban J connectivity index is 1.44. The zero-order valence-electron chi connectivity index (χ0n) is 15.2. The van der Waals surface area contributed by atoms with Gasteiger partial charge in [0.15, 0.2) is 5.82 Å². The molecule has 1 fully saturated rings. The van der Waals surface area contributed by atoms with Gasteiger partial charge in [-0.15, -0.1) is 0 Å². The molecule has 0 saturated carbocycles. The van der Waals surface area contributed by atoms with E-state index in [0.717, 1.165) is 32.7 Å². The molecule has 3 rings (SSSR count). The summed E-state index contributed by atoms with van der Waals surface area (Å²) < 4.78 is 4.96. The van der Waals surface area contributed by atoms with Gasteiger partial charge in [0, 0.05) is 38.8 Å². The van der Waals surface area contributed by atoms with E-state index in [9.17, 15) is 4.79 Å². The molecule has 1 amide bonds. The van der Waals surface area contributed by atoms with Crippen molar-refractivity contribution in [1.29, 1.82) is 0 Å². The predicted octanol–water partition coefficient (Wildman–Crippen LogP) is 2.36. The molecular formula is C19H26N4O2. The molecule has 0 unspecified atom stereocenters. The Kier molecular flexibility index (Phi) is 5.50. The van der Waals surface area contributed by atoms with Crippen LogP contribution < -0.4 is 5.32 Å². The summed E-state index contributed by atoms with van der Waals surface area (Å²) in [4.78, 5) is 16.7. The quantitative estimate of drug-likeness (QED) is 0.904. The summed E-state index contributed by atoms with van der Waals surface area (Å²) in [5, 5.41) is 6.56. The molecule has 0 bridgehead atoms. The summed E-state index contributed by atoms with van der Waals surface area (Å²) in [5.41, 5.74) is 3.99. The van der Waals surface area contributed by atoms with Gasteiger partial charge in [0.2, 0.25) is 5.91 Å². The van der Waals surface area contributed by atoms with Gasteiger partial charge in [-0.1, -0.05) is 34.5 Å². The van der Waals surface area contributed by atoms with E-state index >= 15 is 0 Å². The van der Waals surface area contributed by atoms with Crippen LogP contribution in [0.5, 0.6) is 0 Å². The van der Waals surface area contributed by atoms with Gasteiger partial charge in [0.25, 0.3) is 0 Å². The third kappa shape index (κ3) is 5.14. The molecule has 1 N–H and O–H groups in total. The molecular weight excluding hydrogens is 316 g/mol. The van der Waals surface area contributed by atoms with Crippen molar-refractivity contribution in [2.45, 2.75) is 27.3 Å². The Bertz CT molecular complexity index is 713. The monoisotopic (exact) mass is 342 g/mol. The summed E-state index contributed by atoms with van der Waals surface area (Å²) in [6, 6.07) is 8.44. The normalized spacial score (nSPS) is 16.1. The number of carbonyl (C=O) groups is 1. The van der Waals surface area contributed by atoms with E-state index in [0.29, 0.717) is 18.1 Å². The van der Waals surface area contributed by atoms with Crippen LogP contribution >= 0.6 is 0 Å². The second-order valence-corrected chi connectivity index (χ2v) is 6.92. The van der Waals surface area contributed by atoms with Crippen LogP contribution in [0.1, 0.15) is 22.5 Å². The van der Waals surface area contributed by atoms with E-state index in [1.807, 2.05) is 0 Å². The zero-order chi connectivity index (χ0) is 17.8. The molecule has 0 atom stereocenters. The summed E-state index contributed by atoms with van der Waals surface area (Å²) in [6.07, 6.45) is 0. The number of nitrogens with one attached hydrogen (secondary N) is 1. The third-order valence-electron chi connectivity index (χ3n) is 4.42. The Hall–Kier alpha value is -2.18. The van der Waals surface area contributed by atoms with Gasteiger partial charge in [-0.3, -0.25) is 14.6 Å². The number of hydrogen-bond donors (Lipinski definition) is 1. The highest BCUT2D eigenvalue weighted by Crippen LogP contribution is 2.13. The van der Waals surface area contributed by atoms with E-state index in [1.54, 1.807) is 13.0 Å². The molecule has 134 valence electrons. The highest BCUT2D eigenvalue weighted by molar-refractivity contribution is 5.91. The first-order chi connectivity index (χ1) is 12.0. The number of nitrogens with zero attached hydrogens (tertiary/aromatic N) is 3. The molecule has 1 saturated heterocycles. The van der Waals surface area contributed by atoms with Gasteiger partial charge in [0.05, 0.1) is 6.54 Å². The first-order valence-corrected chi connectivity index (χ1v) is 8.73. The molecule has 2 aromatic rings. The highest BCUT2D eigenvalue weighted by atomic mass is 16.5. The number of benzene rings is 1. The first-order valence-electron chi connectivity index (χ1n) is 8.73. The lowest BCUT2D eigenvalue weighted by Gasteiger charge is -2.34. The molecule has 0 aliphatic carbocycles. The number of piperazine rings is 1. The maximum atomic E-state index is 12.1. The smallest absolute Gasteiger partial charge is 0.239 e. The molecule has 1 aromatic carbocycles. The van der Waals surface area contributed by atoms with E-state index in [-0.39, 0.29) is 5.91 Å². The SMILES string of the molecule is Cc1cc(C)cc(CN2CCN(CC(=O)Nc3cc(C)on3)CC2)c1. The fraction of sp³-hybridized carbons (Fsp3) is 0.474. The lowest BCUT2D eigenvalue weighted by atomic mass is 10.1. The van der Waals surface area contributed by atoms with E-state index in [2.05, 4.69) is 52.3 Å². The average Bonchev–Trinajstić information content (AvgIpc) is 2.93. The minimum absolute atomic E-state index is 0.0453. The molecule has 25 heavy (non-hydrogen) atoms. The molecule has 6 heteroatoms. The van der Waals surface area contributed by atoms with E-state index in [1.165, 1.54) is 16.7 Å². The molecule has 0 radical (unpaired) electrons. The van der Waals surface area contributed by atoms with Gasteiger partial charge in [-0.05, 0) is 26.3 Å². The summed E-state index contributed by atoms with van der Waals surface area (Å²) in [7, 11) is 0. The minimum Gasteiger partial charge on any atom is -0.360 e. The van der Waals surface area contributed by atoms with Crippen LogP contribution in [-0.2, 0) is 11.3 Å². The molecule has 0 spiro atoms. The van der Waals surface area contributed by atoms with Crippen molar-refractivity contribution in [3.8, 4) is 0 Å². The Labute approximate surface area is 148 Å². The van der Waals surface area contributed by atoms with Crippen molar-refractivity contribution < 1.29 is 9.32 Å². The Morgan fingerprint density at radius 2 is 1.68 bits per heavy atom. The lowest BCUT2D eigenvalue weighted by Crippen LogP contribution is -2.48. The Morgan fingerprint density at radius 3 is 2.28 bits per heavy atom. The molecule has 1 aliphatic heterocycles. The molecule has 1 aliphatic rings. The fourth-order valence-electron chi connectivity index (χ4n) is 3.33. The minimum atomic E-state index is -0.0453. The molecule has 1 aromatic heterocycles. The second-order valence-electron chi connectivity index (χ2n) is 6.92. The number of rotatable bonds is 5. The lowest BCUT2D eigenvalue weighted by molar-refractivity contribution is -0.117. The first kappa shape index (κ1) is 17.6. The maximum Gasteiger partial charge on any atom is 0.239 e. The van der Waals surface area contributed by atoms with Gasteiger partial charge in [-0.2, -0.15) is 0 Å². The second kappa shape index (κ2) is 7.80. The number of aryl methyl sites for hydroxylation is 3. The number of hydrogen-bond acceptors (Lipinski definition) is 5. The number of amides is 1. The Morgan fingerprint density at radius 1 is 1.04 bits per heavy atom. The third-order valence-corrected chi connectivity index (χ3v) is 4.42. The van der Waals surface area contributed by atoms with E-state index < -0.39 is 0 Å². The highest BCUT2D eigenvalue weighted by Gasteiger charge is 2.19. The predicted molar refractivity (Wildman–Crippen MR) is 97.5 cm³/mol. The number of aromatic nitrogens is 1. The zero-order valence-corrected chi connectivity index (χ0v) is 15.2. The largest absolute Gasteiger partial charge is 0.360 e. The average molecular weight is 342 g/mol. The van der Waals surface area contributed by atoms with Crippen molar-refractivity contribution in [1.82, 2.24) is 15.0 Å². The van der Waals surface area contributed by atoms with Crippen LogP contribution in [0.4, 0.5) is 5.82 Å². The topological polar surface area (TPSA) is 61.6 Å². The fourth-order valence-corrected chi connectivity index (χ4v) is 3.33. The van der Waals surface area contributed by atoms with Crippen LogP contribution in [-0.4, -0.2) is 53.6 Å². The molecule has 6 nitrogen and oxygen atoms in total. The van der Waals surface area contributed by atoms with Crippen molar-refractivity contribution >= 4 is 11.7 Å². The van der Waals surface area contributed by atoms with Gasteiger partial charge in [0.1, 0.15) is 5.76 Å². The van der Waals surface area contributed by atoms with Crippen LogP contribution in [0, 0.1) is 20.8 Å². The van der Waals surface area contributed by atoms with Crippen LogP contribution in [0.2, 0.25) is 0 Å². The summed E-state index contributed by atoms with van der Waals surface area (Å²) >= 11 is 0. The van der Waals surface area contributed by atoms with Crippen LogP contribution in [0.25, 0.3) is 0 Å². The van der Waals surface area contributed by atoms with Crippen molar-refractivity contribution in [2.75, 3.05) is 38.0 Å². The standard InChI is InChI=1S/C19H26N4O2/c1-14-8-15(2)10-17(9-14)12-22-4-6-23(7-5-22)13-19(24)20-18-11-16(3)25-21-18/h8-11H,4-7,12-13H2,1-3H3,(H,20,21,24). The summed E-state index contributed by atoms with van der Waals surface area (Å²) in [6.45, 7) is 11.2. The van der Waals surface area contributed by atoms with E-state index in [4.69, 9.17) is 4.52 Å². The van der Waals surface area contributed by atoms with Crippen LogP contribution in [0.3, 0.4) is 0 Å². The van der Waals surface area contributed by atoms with Gasteiger partial charge < -0.3 is 9.84 Å². The molecule has 2 heterocycles. The van der Waals surface area contributed by atoms with Gasteiger partial charge in [-0.25, -0.2) is 0 Å². The van der Waals surface area contributed by atoms with Gasteiger partial charge >= 0.3 is 0 Å². The van der Waals surface area contributed by atoms with Crippen LogP contribution in [0.15, 0.2) is 28.8 Å².